The summed E-state index contributed by atoms with van der Waals surface area (Å²) in [7, 11) is 0. The van der Waals surface area contributed by atoms with Crippen molar-refractivity contribution in [3.8, 4) is 17.1 Å². The molecule has 0 aliphatic heterocycles. The van der Waals surface area contributed by atoms with Crippen LogP contribution in [0.4, 0.5) is 0 Å². The van der Waals surface area contributed by atoms with Gasteiger partial charge in [-0.3, -0.25) is 13.7 Å². The van der Waals surface area contributed by atoms with Gasteiger partial charge in [-0.1, -0.05) is 97.1 Å². The molecule has 0 atom stereocenters. The maximum atomic E-state index is 6.58. The summed E-state index contributed by atoms with van der Waals surface area (Å²) in [4.78, 5) is 0. The quantitative estimate of drug-likeness (QED) is 0.210. The Morgan fingerprint density at radius 2 is 0.886 bits per heavy atom. The first-order valence-electron chi connectivity index (χ1n) is 15.0. The third-order valence-corrected chi connectivity index (χ3v) is 9.03. The van der Waals surface area contributed by atoms with Gasteiger partial charge in [0.1, 0.15) is 11.2 Å². The topological polar surface area (TPSA) is 27.9 Å². The number of furan rings is 1. The normalized spacial score (nSPS) is 12.1. The van der Waals surface area contributed by atoms with Gasteiger partial charge in [-0.05, 0) is 54.6 Å². The van der Waals surface area contributed by atoms with Crippen LogP contribution < -0.4 is 0 Å². The summed E-state index contributed by atoms with van der Waals surface area (Å²) < 4.78 is 13.7. The van der Waals surface area contributed by atoms with Crippen LogP contribution in [0.5, 0.6) is 0 Å². The van der Waals surface area contributed by atoms with E-state index in [1.807, 2.05) is 6.07 Å². The fourth-order valence-corrected chi connectivity index (χ4v) is 7.25. The lowest BCUT2D eigenvalue weighted by Gasteiger charge is -2.13. The summed E-state index contributed by atoms with van der Waals surface area (Å²) in [6.07, 6.45) is 0. The number of nitrogens with zero attached hydrogens (tertiary/aromatic N) is 3. The van der Waals surface area contributed by atoms with Gasteiger partial charge in [0, 0.05) is 38.3 Å². The van der Waals surface area contributed by atoms with Gasteiger partial charge in [-0.15, -0.1) is 0 Å². The highest BCUT2D eigenvalue weighted by molar-refractivity contribution is 6.23. The summed E-state index contributed by atoms with van der Waals surface area (Å²) in [5.74, 6) is 0. The van der Waals surface area contributed by atoms with E-state index in [2.05, 4.69) is 159 Å². The number of hydrogen-bond donors (Lipinski definition) is 0. The number of aromatic nitrogens is 3. The van der Waals surface area contributed by atoms with Crippen LogP contribution in [0.25, 0.3) is 82.9 Å². The Balaban J connectivity index is 1.38. The largest absolute Gasteiger partial charge is 0.439 e. The Morgan fingerprint density at radius 3 is 1.59 bits per heavy atom. The summed E-state index contributed by atoms with van der Waals surface area (Å²) in [5.41, 5.74) is 9.73. The predicted octanol–water partition coefficient (Wildman–Crippen LogP) is 10.6. The average Bonchev–Trinajstić information content (AvgIpc) is 3.80. The first kappa shape index (κ1) is 23.6. The minimum absolute atomic E-state index is 0.869. The molecule has 4 heterocycles. The van der Waals surface area contributed by atoms with Gasteiger partial charge in [0.2, 0.25) is 5.71 Å². The van der Waals surface area contributed by atoms with E-state index in [0.29, 0.717) is 0 Å². The molecule has 44 heavy (non-hydrogen) atoms. The van der Waals surface area contributed by atoms with Gasteiger partial charge in [-0.2, -0.15) is 0 Å². The van der Waals surface area contributed by atoms with E-state index in [-0.39, 0.29) is 0 Å². The zero-order valence-electron chi connectivity index (χ0n) is 23.7. The molecule has 0 spiro atoms. The van der Waals surface area contributed by atoms with Crippen molar-refractivity contribution >= 4 is 65.8 Å². The maximum Gasteiger partial charge on any atom is 0.213 e. The zero-order chi connectivity index (χ0) is 28.8. The second-order valence-corrected chi connectivity index (χ2v) is 11.4. The minimum atomic E-state index is 0.869. The summed E-state index contributed by atoms with van der Waals surface area (Å²) in [6, 6.07) is 53.9. The number of fused-ring (bicyclic) bond motifs is 10. The van der Waals surface area contributed by atoms with Crippen molar-refractivity contribution < 1.29 is 4.42 Å². The summed E-state index contributed by atoms with van der Waals surface area (Å²) in [5, 5.41) is 7.20. The fraction of sp³-hybridized carbons (Fsp3) is 0. The first-order valence-corrected chi connectivity index (χ1v) is 15.0. The molecule has 0 radical (unpaired) electrons. The molecule has 10 aromatic rings. The van der Waals surface area contributed by atoms with Crippen LogP contribution in [-0.4, -0.2) is 13.7 Å². The van der Waals surface area contributed by atoms with Crippen LogP contribution in [0, 0.1) is 0 Å². The van der Waals surface area contributed by atoms with E-state index in [0.717, 1.165) is 55.8 Å². The summed E-state index contributed by atoms with van der Waals surface area (Å²) >= 11 is 0. The number of para-hydroxylation sites is 5. The van der Waals surface area contributed by atoms with Crippen molar-refractivity contribution in [3.05, 3.63) is 152 Å². The van der Waals surface area contributed by atoms with Gasteiger partial charge in [0.25, 0.3) is 0 Å². The highest BCUT2D eigenvalue weighted by atomic mass is 16.3. The molecule has 0 bridgehead atoms. The van der Waals surface area contributed by atoms with Crippen molar-refractivity contribution in [1.82, 2.24) is 13.7 Å². The van der Waals surface area contributed by atoms with Crippen LogP contribution in [0.3, 0.4) is 0 Å². The van der Waals surface area contributed by atoms with Crippen molar-refractivity contribution in [2.75, 3.05) is 0 Å². The Labute approximate surface area is 252 Å². The molecule has 0 saturated carbocycles. The van der Waals surface area contributed by atoms with E-state index in [9.17, 15) is 0 Å². The molecule has 6 aromatic carbocycles. The van der Waals surface area contributed by atoms with Crippen LogP contribution >= 0.6 is 0 Å². The third-order valence-electron chi connectivity index (χ3n) is 9.03. The zero-order valence-corrected chi connectivity index (χ0v) is 23.7. The standard InChI is InChI=1S/C40H25N3O/c1-3-13-26(14-4-1)41-33-20-10-7-17-29(33)37-31-24-23-28(25-35(31)42(39(37)41)27-15-5-2-6-16-27)43-34-21-11-8-18-30(34)38-32-19-9-12-22-36(32)44-40(38)43/h1-25H. The highest BCUT2D eigenvalue weighted by Gasteiger charge is 2.24. The second-order valence-electron chi connectivity index (χ2n) is 11.4. The van der Waals surface area contributed by atoms with E-state index in [4.69, 9.17) is 4.42 Å². The van der Waals surface area contributed by atoms with Crippen molar-refractivity contribution in [3.63, 3.8) is 0 Å². The van der Waals surface area contributed by atoms with Crippen LogP contribution in [0.1, 0.15) is 0 Å². The summed E-state index contributed by atoms with van der Waals surface area (Å²) in [6.45, 7) is 0. The van der Waals surface area contributed by atoms with Gasteiger partial charge in [-0.25, -0.2) is 0 Å². The maximum absolute atomic E-state index is 6.58. The van der Waals surface area contributed by atoms with Crippen LogP contribution in [-0.2, 0) is 0 Å². The van der Waals surface area contributed by atoms with E-state index >= 15 is 0 Å². The first-order chi connectivity index (χ1) is 21.9. The molecule has 10 rings (SSSR count). The lowest BCUT2D eigenvalue weighted by Crippen LogP contribution is -2.02. The molecule has 0 unspecified atom stereocenters. The molecule has 0 aliphatic carbocycles. The van der Waals surface area contributed by atoms with E-state index in [1.165, 1.54) is 27.1 Å². The van der Waals surface area contributed by atoms with Crippen molar-refractivity contribution in [2.24, 2.45) is 0 Å². The Kier molecular flexibility index (Phi) is 4.69. The molecule has 206 valence electrons. The van der Waals surface area contributed by atoms with E-state index < -0.39 is 0 Å². The smallest absolute Gasteiger partial charge is 0.213 e. The number of benzene rings is 6. The van der Waals surface area contributed by atoms with Gasteiger partial charge >= 0.3 is 0 Å². The minimum Gasteiger partial charge on any atom is -0.439 e. The fourth-order valence-electron chi connectivity index (χ4n) is 7.25. The molecule has 0 amide bonds. The van der Waals surface area contributed by atoms with Gasteiger partial charge in [0.05, 0.1) is 27.6 Å². The molecule has 0 N–H and O–H groups in total. The van der Waals surface area contributed by atoms with Gasteiger partial charge in [0.15, 0.2) is 0 Å². The molecule has 0 fully saturated rings. The van der Waals surface area contributed by atoms with Crippen LogP contribution in [0.15, 0.2) is 156 Å². The van der Waals surface area contributed by atoms with Crippen molar-refractivity contribution in [2.45, 2.75) is 0 Å². The molecular weight excluding hydrogens is 538 g/mol. The predicted molar refractivity (Wildman–Crippen MR) is 182 cm³/mol. The molecule has 0 aliphatic rings. The number of rotatable bonds is 3. The van der Waals surface area contributed by atoms with E-state index in [1.54, 1.807) is 0 Å². The third kappa shape index (κ3) is 3.06. The average molecular weight is 564 g/mol. The Bertz CT molecular complexity index is 2700. The molecule has 0 saturated heterocycles. The lowest BCUT2D eigenvalue weighted by atomic mass is 10.1. The molecule has 4 nitrogen and oxygen atoms in total. The second kappa shape index (κ2) is 8.76. The number of hydrogen-bond acceptors (Lipinski definition) is 1. The molecular formula is C40H25N3O. The monoisotopic (exact) mass is 563 g/mol. The molecule has 4 heteroatoms. The van der Waals surface area contributed by atoms with Crippen LogP contribution in [0.2, 0.25) is 0 Å². The molecule has 4 aromatic heterocycles. The highest BCUT2D eigenvalue weighted by Crippen LogP contribution is 2.43. The lowest BCUT2D eigenvalue weighted by molar-refractivity contribution is 0.645. The Hall–Kier alpha value is -6.00. The SMILES string of the molecule is c1ccc(-n2c3ccccc3c3c4ccc(-n5c6ccccc6c6c7ccccc7oc65)cc4n(-c4ccccc4)c32)cc1. The Morgan fingerprint density at radius 1 is 0.364 bits per heavy atom. The van der Waals surface area contributed by atoms with Crippen molar-refractivity contribution in [1.29, 1.82) is 0 Å². The van der Waals surface area contributed by atoms with Gasteiger partial charge < -0.3 is 4.42 Å².